The normalized spacial score (nSPS) is 18.5. The Morgan fingerprint density at radius 2 is 1.97 bits per heavy atom. The van der Waals surface area contributed by atoms with Crippen molar-refractivity contribution in [3.8, 4) is 0 Å². The summed E-state index contributed by atoms with van der Waals surface area (Å²) in [6.07, 6.45) is 6.79. The highest BCUT2D eigenvalue weighted by Crippen LogP contribution is 2.34. The van der Waals surface area contributed by atoms with E-state index in [1.165, 1.54) is 35.1 Å². The van der Waals surface area contributed by atoms with Crippen LogP contribution < -0.4 is 4.90 Å². The molecule has 156 valence electrons. The highest BCUT2D eigenvalue weighted by Gasteiger charge is 2.28. The lowest BCUT2D eigenvalue weighted by atomic mass is 9.90. The molecule has 0 saturated carbocycles. The van der Waals surface area contributed by atoms with Gasteiger partial charge in [-0.1, -0.05) is 23.5 Å². The van der Waals surface area contributed by atoms with E-state index in [1.54, 1.807) is 11.3 Å². The number of hydrogen-bond donors (Lipinski definition) is 0. The van der Waals surface area contributed by atoms with Gasteiger partial charge in [-0.25, -0.2) is 4.98 Å². The van der Waals surface area contributed by atoms with Crippen LogP contribution in [0, 0.1) is 13.8 Å². The van der Waals surface area contributed by atoms with Crippen LogP contribution in [0.1, 0.15) is 58.3 Å². The Bertz CT molecular complexity index is 1100. The summed E-state index contributed by atoms with van der Waals surface area (Å²) < 4.78 is 7.01. The lowest BCUT2D eigenvalue weighted by Gasteiger charge is -2.24. The molecule has 1 saturated heterocycles. The summed E-state index contributed by atoms with van der Waals surface area (Å²) >= 11 is 1.60. The standard InChI is InChI=1S/C25H28N2O2S/c1-16-9-12-22-23(17(16)2)26-25(30-22)27(15-21-8-5-13-29-21)24(28)20-11-10-18-6-3-4-7-19(18)14-20/h9-12,14,21H,3-8,13,15H2,1-2H3. The fourth-order valence-corrected chi connectivity index (χ4v) is 5.62. The maximum Gasteiger partial charge on any atom is 0.260 e. The van der Waals surface area contributed by atoms with E-state index in [0.29, 0.717) is 6.54 Å². The average molecular weight is 421 g/mol. The first kappa shape index (κ1) is 19.7. The van der Waals surface area contributed by atoms with Gasteiger partial charge < -0.3 is 4.74 Å². The van der Waals surface area contributed by atoms with Crippen LogP contribution in [0.5, 0.6) is 0 Å². The van der Waals surface area contributed by atoms with Crippen molar-refractivity contribution in [2.45, 2.75) is 58.5 Å². The van der Waals surface area contributed by atoms with E-state index < -0.39 is 0 Å². The summed E-state index contributed by atoms with van der Waals surface area (Å²) in [5.74, 6) is 0.0345. The summed E-state index contributed by atoms with van der Waals surface area (Å²) in [7, 11) is 0. The highest BCUT2D eigenvalue weighted by atomic mass is 32.1. The number of fused-ring (bicyclic) bond motifs is 2. The Labute approximate surface area is 181 Å². The third kappa shape index (κ3) is 3.65. The van der Waals surface area contributed by atoms with Gasteiger partial charge in [-0.15, -0.1) is 0 Å². The van der Waals surface area contributed by atoms with E-state index in [2.05, 4.69) is 38.1 Å². The molecule has 3 aromatic rings. The molecule has 2 aromatic carbocycles. The third-order valence-electron chi connectivity index (χ3n) is 6.56. The number of carbonyl (C=O) groups is 1. The second-order valence-electron chi connectivity index (χ2n) is 8.59. The Morgan fingerprint density at radius 1 is 1.13 bits per heavy atom. The zero-order chi connectivity index (χ0) is 20.7. The van der Waals surface area contributed by atoms with Crippen LogP contribution in [-0.4, -0.2) is 30.1 Å². The van der Waals surface area contributed by atoms with Crippen LogP contribution in [0.25, 0.3) is 10.2 Å². The second-order valence-corrected chi connectivity index (χ2v) is 9.60. The maximum absolute atomic E-state index is 13.7. The molecule has 5 heteroatoms. The topological polar surface area (TPSA) is 42.4 Å². The largest absolute Gasteiger partial charge is 0.376 e. The maximum atomic E-state index is 13.7. The predicted molar refractivity (Wildman–Crippen MR) is 123 cm³/mol. The first-order valence-corrected chi connectivity index (χ1v) is 11.8. The van der Waals surface area contributed by atoms with Crippen molar-refractivity contribution in [2.75, 3.05) is 18.1 Å². The summed E-state index contributed by atoms with van der Waals surface area (Å²) in [6, 6.07) is 10.5. The fraction of sp³-hybridized carbons (Fsp3) is 0.440. The van der Waals surface area contributed by atoms with Gasteiger partial charge in [0.05, 0.1) is 22.9 Å². The van der Waals surface area contributed by atoms with E-state index in [0.717, 1.165) is 53.2 Å². The molecule has 0 spiro atoms. The average Bonchev–Trinajstić information content (AvgIpc) is 3.44. The van der Waals surface area contributed by atoms with Crippen molar-refractivity contribution in [2.24, 2.45) is 0 Å². The van der Waals surface area contributed by atoms with Crippen LogP contribution in [0.4, 0.5) is 5.13 Å². The van der Waals surface area contributed by atoms with Crippen molar-refractivity contribution in [3.63, 3.8) is 0 Å². The summed E-state index contributed by atoms with van der Waals surface area (Å²) in [5.41, 5.74) is 6.92. The SMILES string of the molecule is Cc1ccc2sc(N(CC3CCCO3)C(=O)c3ccc4c(c3)CCCC4)nc2c1C. The molecule has 0 N–H and O–H groups in total. The van der Waals surface area contributed by atoms with Gasteiger partial charge in [0.15, 0.2) is 5.13 Å². The minimum absolute atomic E-state index is 0.0345. The first-order chi connectivity index (χ1) is 14.6. The number of aromatic nitrogens is 1. The molecule has 1 fully saturated rings. The van der Waals surface area contributed by atoms with Crippen molar-refractivity contribution < 1.29 is 9.53 Å². The van der Waals surface area contributed by atoms with Crippen molar-refractivity contribution >= 4 is 32.6 Å². The molecule has 1 aliphatic carbocycles. The molecule has 0 bridgehead atoms. The van der Waals surface area contributed by atoms with Gasteiger partial charge in [0.2, 0.25) is 0 Å². The number of aryl methyl sites for hydroxylation is 4. The quantitative estimate of drug-likeness (QED) is 0.550. The number of rotatable bonds is 4. The zero-order valence-corrected chi connectivity index (χ0v) is 18.6. The van der Waals surface area contributed by atoms with Crippen molar-refractivity contribution in [1.82, 2.24) is 4.98 Å². The molecule has 30 heavy (non-hydrogen) atoms. The van der Waals surface area contributed by atoms with Crippen molar-refractivity contribution in [3.05, 3.63) is 58.1 Å². The van der Waals surface area contributed by atoms with Gasteiger partial charge in [-0.2, -0.15) is 0 Å². The van der Waals surface area contributed by atoms with Gasteiger partial charge in [-0.05, 0) is 92.8 Å². The molecule has 4 nitrogen and oxygen atoms in total. The van der Waals surface area contributed by atoms with E-state index in [-0.39, 0.29) is 12.0 Å². The van der Waals surface area contributed by atoms with Gasteiger partial charge in [0, 0.05) is 12.2 Å². The summed E-state index contributed by atoms with van der Waals surface area (Å²) in [4.78, 5) is 20.5. The molecule has 1 aliphatic heterocycles. The number of benzene rings is 2. The summed E-state index contributed by atoms with van der Waals surface area (Å²) in [5, 5.41) is 0.775. The molecule has 1 unspecified atom stereocenters. The molecule has 2 aliphatic rings. The molecule has 1 atom stereocenters. The van der Waals surface area contributed by atoms with Crippen LogP contribution in [0.15, 0.2) is 30.3 Å². The first-order valence-electron chi connectivity index (χ1n) is 11.0. The molecule has 1 aromatic heterocycles. The van der Waals surface area contributed by atoms with Crippen LogP contribution in [-0.2, 0) is 17.6 Å². The number of amides is 1. The Morgan fingerprint density at radius 3 is 2.77 bits per heavy atom. The Hall–Kier alpha value is -2.24. The smallest absolute Gasteiger partial charge is 0.260 e. The predicted octanol–water partition coefficient (Wildman–Crippen LogP) is 5.62. The number of anilines is 1. The van der Waals surface area contributed by atoms with Crippen molar-refractivity contribution in [1.29, 1.82) is 0 Å². The number of ether oxygens (including phenoxy) is 1. The zero-order valence-electron chi connectivity index (χ0n) is 17.7. The van der Waals surface area contributed by atoms with Crippen LogP contribution in [0.3, 0.4) is 0 Å². The molecular weight excluding hydrogens is 392 g/mol. The third-order valence-corrected chi connectivity index (χ3v) is 7.60. The van der Waals surface area contributed by atoms with Gasteiger partial charge >= 0.3 is 0 Å². The van der Waals surface area contributed by atoms with E-state index in [4.69, 9.17) is 9.72 Å². The number of thiazole rings is 1. The lowest BCUT2D eigenvalue weighted by Crippen LogP contribution is -2.37. The Kier molecular flexibility index (Phi) is 5.34. The summed E-state index contributed by atoms with van der Waals surface area (Å²) in [6.45, 7) is 5.56. The minimum Gasteiger partial charge on any atom is -0.376 e. The lowest BCUT2D eigenvalue weighted by molar-refractivity contribution is 0.0917. The number of hydrogen-bond acceptors (Lipinski definition) is 4. The number of nitrogens with zero attached hydrogens (tertiary/aromatic N) is 2. The fourth-order valence-electron chi connectivity index (χ4n) is 4.59. The van der Waals surface area contributed by atoms with Crippen LogP contribution >= 0.6 is 11.3 Å². The van der Waals surface area contributed by atoms with Gasteiger partial charge in [-0.3, -0.25) is 9.69 Å². The Balaban J connectivity index is 1.53. The molecule has 5 rings (SSSR count). The minimum atomic E-state index is 0.0345. The molecule has 1 amide bonds. The van der Waals surface area contributed by atoms with Gasteiger partial charge in [0.25, 0.3) is 5.91 Å². The second kappa shape index (κ2) is 8.12. The molecule has 2 heterocycles. The van der Waals surface area contributed by atoms with Crippen LogP contribution in [0.2, 0.25) is 0 Å². The molecular formula is C25H28N2O2S. The van der Waals surface area contributed by atoms with E-state index in [1.807, 2.05) is 11.0 Å². The van der Waals surface area contributed by atoms with E-state index in [9.17, 15) is 4.79 Å². The van der Waals surface area contributed by atoms with E-state index >= 15 is 0 Å². The number of carbonyl (C=O) groups excluding carboxylic acids is 1. The monoisotopic (exact) mass is 420 g/mol. The highest BCUT2D eigenvalue weighted by molar-refractivity contribution is 7.22. The molecule has 0 radical (unpaired) electrons. The van der Waals surface area contributed by atoms with Gasteiger partial charge in [0.1, 0.15) is 0 Å².